The highest BCUT2D eigenvalue weighted by Crippen LogP contribution is 2.08. The number of esters is 1. The Balaban J connectivity index is 1.47. The van der Waals surface area contributed by atoms with Gasteiger partial charge in [0.15, 0.2) is 6.61 Å². The lowest BCUT2D eigenvalue weighted by Crippen LogP contribution is -2.35. The summed E-state index contributed by atoms with van der Waals surface area (Å²) in [7, 11) is 0. The molecule has 0 aliphatic rings. The molecule has 0 fully saturated rings. The normalized spacial score (nSPS) is 10.6. The van der Waals surface area contributed by atoms with E-state index < -0.39 is 30.2 Å². The predicted octanol–water partition coefficient (Wildman–Crippen LogP) is 0.792. The van der Waals surface area contributed by atoms with Gasteiger partial charge in [0.25, 0.3) is 17.5 Å². The van der Waals surface area contributed by atoms with Crippen LogP contribution in [0.25, 0.3) is 5.78 Å². The number of rotatable bonds is 6. The number of nitrogens with zero attached hydrogens (tertiary/aromatic N) is 4. The third kappa shape index (κ3) is 5.09. The van der Waals surface area contributed by atoms with E-state index in [1.165, 1.54) is 28.8 Å². The Kier molecular flexibility index (Phi) is 5.77. The summed E-state index contributed by atoms with van der Waals surface area (Å²) in [4.78, 5) is 43.7. The number of benzene rings is 1. The Hall–Kier alpha value is -3.89. The average Bonchev–Trinajstić information content (AvgIpc) is 3.11. The van der Waals surface area contributed by atoms with Crippen LogP contribution in [-0.4, -0.2) is 50.5 Å². The fraction of sp³-hybridized carbons (Fsp3) is 0.222. The minimum atomic E-state index is -0.890. The van der Waals surface area contributed by atoms with E-state index in [-0.39, 0.29) is 18.1 Å². The van der Waals surface area contributed by atoms with Crippen LogP contribution in [0, 0.1) is 19.7 Å². The lowest BCUT2D eigenvalue weighted by atomic mass is 10.3. The summed E-state index contributed by atoms with van der Waals surface area (Å²) in [6, 6.07) is 6.94. The summed E-state index contributed by atoms with van der Waals surface area (Å²) in [5.74, 6) is -2.50. The van der Waals surface area contributed by atoms with E-state index >= 15 is 0 Å². The highest BCUT2D eigenvalue weighted by atomic mass is 19.1. The van der Waals surface area contributed by atoms with Gasteiger partial charge in [0.05, 0.1) is 6.54 Å². The molecule has 0 aliphatic carbocycles. The van der Waals surface area contributed by atoms with Crippen molar-refractivity contribution in [2.24, 2.45) is 0 Å². The number of ether oxygens (including phenoxy) is 1. The second-order valence-electron chi connectivity index (χ2n) is 6.09. The first-order chi connectivity index (χ1) is 13.8. The zero-order chi connectivity index (χ0) is 21.0. The number of hydrogen-bond donors (Lipinski definition) is 2. The number of nitrogens with one attached hydrogen (secondary N) is 2. The summed E-state index contributed by atoms with van der Waals surface area (Å²) in [6.07, 6.45) is 0. The standard InChI is InChI=1S/C18H17FN6O4/c1-10-7-11(2)25-18(21-10)23-16(24-25)17(28)29-9-15(27)20-8-14(26)22-13-5-3-12(19)4-6-13/h3-7H,8-9H2,1-2H3,(H,20,27)(H,22,26). The van der Waals surface area contributed by atoms with Gasteiger partial charge < -0.3 is 15.4 Å². The van der Waals surface area contributed by atoms with E-state index in [0.29, 0.717) is 5.69 Å². The summed E-state index contributed by atoms with van der Waals surface area (Å²) >= 11 is 0. The zero-order valence-electron chi connectivity index (χ0n) is 15.6. The van der Waals surface area contributed by atoms with Crippen LogP contribution in [0.15, 0.2) is 30.3 Å². The average molecular weight is 400 g/mol. The molecule has 2 N–H and O–H groups in total. The third-order valence-electron chi connectivity index (χ3n) is 3.71. The topological polar surface area (TPSA) is 128 Å². The first-order valence-electron chi connectivity index (χ1n) is 8.52. The van der Waals surface area contributed by atoms with Gasteiger partial charge in [0.1, 0.15) is 5.82 Å². The van der Waals surface area contributed by atoms with Gasteiger partial charge in [-0.15, -0.1) is 5.10 Å². The lowest BCUT2D eigenvalue weighted by Gasteiger charge is -2.07. The van der Waals surface area contributed by atoms with Crippen LogP contribution < -0.4 is 10.6 Å². The summed E-state index contributed by atoms with van der Waals surface area (Å²) in [6.45, 7) is 2.62. The van der Waals surface area contributed by atoms with E-state index in [0.717, 1.165) is 11.4 Å². The quantitative estimate of drug-likeness (QED) is 0.586. The van der Waals surface area contributed by atoms with E-state index in [9.17, 15) is 18.8 Å². The number of aromatic nitrogens is 4. The molecule has 3 aromatic rings. The Bertz CT molecular complexity index is 1080. The van der Waals surface area contributed by atoms with Crippen molar-refractivity contribution < 1.29 is 23.5 Å². The molecule has 2 amide bonds. The Labute approximate surface area is 164 Å². The smallest absolute Gasteiger partial charge is 0.378 e. The van der Waals surface area contributed by atoms with Crippen LogP contribution >= 0.6 is 0 Å². The van der Waals surface area contributed by atoms with Crippen molar-refractivity contribution in [3.05, 3.63) is 53.4 Å². The molecule has 0 spiro atoms. The first kappa shape index (κ1) is 19.9. The predicted molar refractivity (Wildman–Crippen MR) is 98.6 cm³/mol. The molecule has 3 rings (SSSR count). The van der Waals surface area contributed by atoms with Crippen LogP contribution in [0.5, 0.6) is 0 Å². The fourth-order valence-electron chi connectivity index (χ4n) is 2.42. The SMILES string of the molecule is Cc1cc(C)n2nc(C(=O)OCC(=O)NCC(=O)Nc3ccc(F)cc3)nc2n1. The van der Waals surface area contributed by atoms with E-state index in [4.69, 9.17) is 4.74 Å². The van der Waals surface area contributed by atoms with Gasteiger partial charge in [-0.2, -0.15) is 4.98 Å². The molecule has 0 bridgehead atoms. The van der Waals surface area contributed by atoms with Crippen molar-refractivity contribution in [1.82, 2.24) is 24.9 Å². The maximum absolute atomic E-state index is 12.8. The van der Waals surface area contributed by atoms with Crippen LogP contribution in [0.2, 0.25) is 0 Å². The Morgan fingerprint density at radius 3 is 2.55 bits per heavy atom. The van der Waals surface area contributed by atoms with Crippen molar-refractivity contribution in [3.63, 3.8) is 0 Å². The summed E-state index contributed by atoms with van der Waals surface area (Å²) in [5.41, 5.74) is 1.85. The van der Waals surface area contributed by atoms with Crippen molar-refractivity contribution in [1.29, 1.82) is 0 Å². The van der Waals surface area contributed by atoms with Gasteiger partial charge in [-0.1, -0.05) is 0 Å². The molecule has 1 aromatic carbocycles. The maximum atomic E-state index is 12.8. The molecule has 29 heavy (non-hydrogen) atoms. The van der Waals surface area contributed by atoms with Gasteiger partial charge in [-0.3, -0.25) is 9.59 Å². The van der Waals surface area contributed by atoms with Gasteiger partial charge in [-0.25, -0.2) is 18.7 Å². The molecule has 0 unspecified atom stereocenters. The second-order valence-corrected chi connectivity index (χ2v) is 6.09. The molecule has 0 saturated carbocycles. The molecule has 0 saturated heterocycles. The molecular formula is C18H17FN6O4. The number of fused-ring (bicyclic) bond motifs is 1. The molecular weight excluding hydrogens is 383 g/mol. The minimum absolute atomic E-state index is 0.229. The van der Waals surface area contributed by atoms with Crippen LogP contribution in [0.1, 0.15) is 22.0 Å². The fourth-order valence-corrected chi connectivity index (χ4v) is 2.42. The van der Waals surface area contributed by atoms with E-state index in [1.54, 1.807) is 19.9 Å². The van der Waals surface area contributed by atoms with E-state index in [2.05, 4.69) is 25.7 Å². The number of halogens is 1. The van der Waals surface area contributed by atoms with Gasteiger partial charge in [0.2, 0.25) is 5.91 Å². The molecule has 0 aliphatic heterocycles. The van der Waals surface area contributed by atoms with Crippen molar-refractivity contribution in [2.75, 3.05) is 18.5 Å². The second kappa shape index (κ2) is 8.42. The zero-order valence-corrected chi connectivity index (χ0v) is 15.6. The third-order valence-corrected chi connectivity index (χ3v) is 3.71. The number of carbonyl (C=O) groups excluding carboxylic acids is 3. The van der Waals surface area contributed by atoms with Crippen LogP contribution in [0.3, 0.4) is 0 Å². The number of carbonyl (C=O) groups is 3. The van der Waals surface area contributed by atoms with Crippen molar-refractivity contribution in [2.45, 2.75) is 13.8 Å². The largest absolute Gasteiger partial charge is 0.450 e. The molecule has 2 aromatic heterocycles. The Morgan fingerprint density at radius 1 is 1.10 bits per heavy atom. The molecule has 150 valence electrons. The maximum Gasteiger partial charge on any atom is 0.378 e. The molecule has 10 nitrogen and oxygen atoms in total. The molecule has 0 radical (unpaired) electrons. The number of hydrogen-bond acceptors (Lipinski definition) is 7. The molecule has 2 heterocycles. The van der Waals surface area contributed by atoms with Crippen molar-refractivity contribution >= 4 is 29.2 Å². The number of amides is 2. The summed E-state index contributed by atoms with van der Waals surface area (Å²) < 4.78 is 19.1. The van der Waals surface area contributed by atoms with Gasteiger partial charge >= 0.3 is 5.97 Å². The Morgan fingerprint density at radius 2 is 1.83 bits per heavy atom. The molecule has 0 atom stereocenters. The summed E-state index contributed by atoms with van der Waals surface area (Å²) in [5, 5.41) is 8.79. The number of aryl methyl sites for hydroxylation is 2. The minimum Gasteiger partial charge on any atom is -0.450 e. The lowest BCUT2D eigenvalue weighted by molar-refractivity contribution is -0.126. The van der Waals surface area contributed by atoms with Gasteiger partial charge in [-0.05, 0) is 44.2 Å². The highest BCUT2D eigenvalue weighted by molar-refractivity contribution is 5.95. The van der Waals surface area contributed by atoms with Crippen LogP contribution in [0.4, 0.5) is 10.1 Å². The molecule has 11 heteroatoms. The highest BCUT2D eigenvalue weighted by Gasteiger charge is 2.18. The first-order valence-corrected chi connectivity index (χ1v) is 8.52. The van der Waals surface area contributed by atoms with Crippen molar-refractivity contribution in [3.8, 4) is 0 Å². The van der Waals surface area contributed by atoms with Crippen LogP contribution in [-0.2, 0) is 14.3 Å². The van der Waals surface area contributed by atoms with Gasteiger partial charge in [0, 0.05) is 17.1 Å². The number of anilines is 1. The van der Waals surface area contributed by atoms with E-state index in [1.807, 2.05) is 0 Å². The monoisotopic (exact) mass is 400 g/mol.